The predicted molar refractivity (Wildman–Crippen MR) is 187 cm³/mol. The van der Waals surface area contributed by atoms with Gasteiger partial charge in [0.05, 0.1) is 11.4 Å². The minimum absolute atomic E-state index is 0.155. The molecule has 0 aliphatic carbocycles. The van der Waals surface area contributed by atoms with Crippen LogP contribution in [0.3, 0.4) is 0 Å². The molecule has 0 fully saturated rings. The lowest BCUT2D eigenvalue weighted by molar-refractivity contribution is 0.484. The fourth-order valence-corrected chi connectivity index (χ4v) is 9.28. The van der Waals surface area contributed by atoms with Crippen molar-refractivity contribution in [3.05, 3.63) is 144 Å². The highest BCUT2D eigenvalue weighted by molar-refractivity contribution is 7.25. The van der Waals surface area contributed by atoms with Crippen LogP contribution in [0, 0.1) is 0 Å². The van der Waals surface area contributed by atoms with Gasteiger partial charge in [-0.1, -0.05) is 98.2 Å². The van der Waals surface area contributed by atoms with Crippen LogP contribution in [0.4, 0.5) is 17.1 Å². The third-order valence-corrected chi connectivity index (χ3v) is 11.3. The van der Waals surface area contributed by atoms with Crippen LogP contribution in [0.2, 0.25) is 0 Å². The molecule has 0 amide bonds. The SMILES string of the molecule is CC1(C)c2ccccc2B2c3ccccc3Oc3cc(N4c5ccccc5Cc5cc6c(cc54)sc4ccccc46)cc1c32. The second-order valence-corrected chi connectivity index (χ2v) is 14.0. The number of hydrogen-bond donors (Lipinski definition) is 0. The summed E-state index contributed by atoms with van der Waals surface area (Å²) < 4.78 is 9.49. The van der Waals surface area contributed by atoms with Gasteiger partial charge in [0, 0.05) is 43.8 Å². The van der Waals surface area contributed by atoms with Crippen LogP contribution in [-0.4, -0.2) is 6.71 Å². The zero-order valence-electron chi connectivity index (χ0n) is 24.6. The van der Waals surface area contributed by atoms with Gasteiger partial charge in [-0.25, -0.2) is 0 Å². The number of fused-ring (bicyclic) bond motifs is 9. The Hall–Kier alpha value is -4.80. The molecular formula is C40H28BNOS. The smallest absolute Gasteiger partial charge is 0.251 e. The Morgan fingerprint density at radius 2 is 1.41 bits per heavy atom. The zero-order valence-corrected chi connectivity index (χ0v) is 25.4. The average Bonchev–Trinajstić information content (AvgIpc) is 3.41. The molecule has 0 unspecified atom stereocenters. The van der Waals surface area contributed by atoms with E-state index in [0.717, 1.165) is 23.6 Å². The van der Waals surface area contributed by atoms with E-state index >= 15 is 0 Å². The van der Waals surface area contributed by atoms with E-state index in [2.05, 4.69) is 140 Å². The first-order valence-corrected chi connectivity index (χ1v) is 16.2. The largest absolute Gasteiger partial charge is 0.458 e. The maximum Gasteiger partial charge on any atom is 0.251 e. The number of rotatable bonds is 1. The molecule has 0 radical (unpaired) electrons. The van der Waals surface area contributed by atoms with Crippen LogP contribution in [0.25, 0.3) is 20.2 Å². The standard InChI is InChI=1S/C40H28BNOS/c1-40(2)29-13-5-6-14-31(29)41-32-15-7-9-17-35(32)43-36-22-26(21-30(40)39(36)41)42-33-16-8-3-11-24(33)19-25-20-28-27-12-4-10-18-37(27)44-38(28)23-34(25)42/h3-18,20-23H,19H2,1-2H3. The summed E-state index contributed by atoms with van der Waals surface area (Å²) in [6, 6.07) is 44.9. The summed E-state index contributed by atoms with van der Waals surface area (Å²) in [6.07, 6.45) is 0.921. The first-order chi connectivity index (χ1) is 21.6. The highest BCUT2D eigenvalue weighted by Crippen LogP contribution is 2.49. The molecule has 0 atom stereocenters. The van der Waals surface area contributed by atoms with Gasteiger partial charge in [-0.05, 0) is 69.6 Å². The molecule has 4 heterocycles. The number of thiophene rings is 1. The molecule has 0 saturated carbocycles. The summed E-state index contributed by atoms with van der Waals surface area (Å²) in [5.74, 6) is 1.92. The minimum Gasteiger partial charge on any atom is -0.458 e. The van der Waals surface area contributed by atoms with Gasteiger partial charge in [0.25, 0.3) is 6.71 Å². The summed E-state index contributed by atoms with van der Waals surface area (Å²) in [4.78, 5) is 2.49. The molecule has 10 rings (SSSR count). The average molecular weight is 582 g/mol. The number of anilines is 3. The summed E-state index contributed by atoms with van der Waals surface area (Å²) >= 11 is 1.89. The maximum atomic E-state index is 6.83. The fraction of sp³-hybridized carbons (Fsp3) is 0.100. The monoisotopic (exact) mass is 581 g/mol. The van der Waals surface area contributed by atoms with E-state index in [1.165, 1.54) is 70.2 Å². The normalized spacial score (nSPS) is 15.2. The topological polar surface area (TPSA) is 12.5 Å². The molecule has 6 aromatic carbocycles. The Morgan fingerprint density at radius 3 is 2.34 bits per heavy atom. The van der Waals surface area contributed by atoms with E-state index in [9.17, 15) is 0 Å². The molecular weight excluding hydrogens is 553 g/mol. The second kappa shape index (κ2) is 8.65. The molecule has 0 spiro atoms. The molecule has 0 bridgehead atoms. The van der Waals surface area contributed by atoms with E-state index in [4.69, 9.17) is 4.74 Å². The van der Waals surface area contributed by atoms with E-state index < -0.39 is 0 Å². The molecule has 3 aliphatic heterocycles. The summed E-state index contributed by atoms with van der Waals surface area (Å²) in [7, 11) is 0. The van der Waals surface area contributed by atoms with Gasteiger partial charge in [0.2, 0.25) is 0 Å². The molecule has 0 N–H and O–H groups in total. The number of ether oxygens (including phenoxy) is 1. The van der Waals surface area contributed by atoms with Crippen molar-refractivity contribution in [2.24, 2.45) is 0 Å². The molecule has 2 nitrogen and oxygen atoms in total. The van der Waals surface area contributed by atoms with Crippen molar-refractivity contribution in [1.82, 2.24) is 0 Å². The Labute approximate surface area is 261 Å². The molecule has 1 aromatic heterocycles. The lowest BCUT2D eigenvalue weighted by atomic mass is 9.30. The van der Waals surface area contributed by atoms with Crippen LogP contribution in [0.5, 0.6) is 11.5 Å². The van der Waals surface area contributed by atoms with Gasteiger partial charge in [0.15, 0.2) is 0 Å². The van der Waals surface area contributed by atoms with Gasteiger partial charge in [-0.15, -0.1) is 11.3 Å². The second-order valence-electron chi connectivity index (χ2n) is 12.9. The molecule has 0 saturated heterocycles. The van der Waals surface area contributed by atoms with E-state index in [0.29, 0.717) is 0 Å². The van der Waals surface area contributed by atoms with Gasteiger partial charge < -0.3 is 9.64 Å². The molecule has 7 aromatic rings. The van der Waals surface area contributed by atoms with Gasteiger partial charge in [0.1, 0.15) is 11.5 Å². The van der Waals surface area contributed by atoms with Crippen LogP contribution in [0.15, 0.2) is 121 Å². The molecule has 44 heavy (non-hydrogen) atoms. The Balaban J connectivity index is 1.26. The summed E-state index contributed by atoms with van der Waals surface area (Å²) in [5, 5.41) is 2.70. The van der Waals surface area contributed by atoms with Crippen LogP contribution >= 0.6 is 11.3 Å². The fourth-order valence-electron chi connectivity index (χ4n) is 8.16. The van der Waals surface area contributed by atoms with Crippen molar-refractivity contribution in [3.8, 4) is 11.5 Å². The van der Waals surface area contributed by atoms with Crippen LogP contribution < -0.4 is 26.0 Å². The molecule has 208 valence electrons. The number of hydrogen-bond acceptors (Lipinski definition) is 3. The highest BCUT2D eigenvalue weighted by Gasteiger charge is 2.45. The number of nitrogens with zero attached hydrogens (tertiary/aromatic N) is 1. The van der Waals surface area contributed by atoms with Crippen molar-refractivity contribution < 1.29 is 4.74 Å². The Bertz CT molecular complexity index is 2350. The van der Waals surface area contributed by atoms with E-state index in [1.54, 1.807) is 0 Å². The summed E-state index contributed by atoms with van der Waals surface area (Å²) in [6.45, 7) is 4.91. The van der Waals surface area contributed by atoms with Gasteiger partial charge in [-0.2, -0.15) is 0 Å². The predicted octanol–water partition coefficient (Wildman–Crippen LogP) is 8.69. The quantitative estimate of drug-likeness (QED) is 0.180. The number of benzene rings is 6. The van der Waals surface area contributed by atoms with Crippen molar-refractivity contribution in [1.29, 1.82) is 0 Å². The zero-order chi connectivity index (χ0) is 29.2. The van der Waals surface area contributed by atoms with Gasteiger partial charge in [-0.3, -0.25) is 0 Å². The molecule has 4 heteroatoms. The maximum absolute atomic E-state index is 6.83. The van der Waals surface area contributed by atoms with Crippen molar-refractivity contribution in [2.45, 2.75) is 25.7 Å². The van der Waals surface area contributed by atoms with E-state index in [1.807, 2.05) is 11.3 Å². The minimum atomic E-state index is -0.184. The molecule has 3 aliphatic rings. The lowest BCUT2D eigenvalue weighted by Gasteiger charge is -2.43. The Morgan fingerprint density at radius 1 is 0.636 bits per heavy atom. The van der Waals surface area contributed by atoms with Gasteiger partial charge >= 0.3 is 0 Å². The van der Waals surface area contributed by atoms with Crippen molar-refractivity contribution >= 4 is 71.7 Å². The van der Waals surface area contributed by atoms with E-state index in [-0.39, 0.29) is 12.1 Å². The van der Waals surface area contributed by atoms with Crippen LogP contribution in [-0.2, 0) is 11.8 Å². The third-order valence-electron chi connectivity index (χ3n) is 10.2. The number of para-hydroxylation sites is 2. The van der Waals surface area contributed by atoms with Crippen LogP contribution in [0.1, 0.15) is 36.1 Å². The summed E-state index contributed by atoms with van der Waals surface area (Å²) in [5.41, 5.74) is 12.9. The highest BCUT2D eigenvalue weighted by atomic mass is 32.1. The van der Waals surface area contributed by atoms with Crippen molar-refractivity contribution in [2.75, 3.05) is 4.90 Å². The third kappa shape index (κ3) is 3.21. The lowest BCUT2D eigenvalue weighted by Crippen LogP contribution is -2.62. The first kappa shape index (κ1) is 24.6. The Kier molecular flexibility index (Phi) is 4.84. The first-order valence-electron chi connectivity index (χ1n) is 15.4. The van der Waals surface area contributed by atoms with Crippen molar-refractivity contribution in [3.63, 3.8) is 0 Å².